The van der Waals surface area contributed by atoms with E-state index < -0.39 is 0 Å². The molecule has 132 valence electrons. The molecule has 5 nitrogen and oxygen atoms in total. The van der Waals surface area contributed by atoms with E-state index in [1.807, 2.05) is 0 Å². The summed E-state index contributed by atoms with van der Waals surface area (Å²) in [4.78, 5) is 26.8. The van der Waals surface area contributed by atoms with E-state index in [0.717, 1.165) is 0 Å². The van der Waals surface area contributed by atoms with E-state index in [-0.39, 0.29) is 30.8 Å². The molecule has 0 bridgehead atoms. The number of carbonyl (C=O) groups is 2. The third kappa shape index (κ3) is 5.04. The van der Waals surface area contributed by atoms with Gasteiger partial charge in [-0.2, -0.15) is 0 Å². The summed E-state index contributed by atoms with van der Waals surface area (Å²) in [7, 11) is 4.95. The molecule has 6 heteroatoms. The molecule has 0 unspecified atom stereocenters. The van der Waals surface area contributed by atoms with E-state index in [4.69, 9.17) is 4.74 Å². The lowest BCUT2D eigenvalue weighted by atomic mass is 10.2. The highest BCUT2D eigenvalue weighted by molar-refractivity contribution is 5.93. The maximum atomic E-state index is 13.6. The molecule has 2 aromatic carbocycles. The Morgan fingerprint density at radius 1 is 1.00 bits per heavy atom. The van der Waals surface area contributed by atoms with Gasteiger partial charge in [0, 0.05) is 38.8 Å². The summed E-state index contributed by atoms with van der Waals surface area (Å²) in [5.41, 5.74) is 0.991. The van der Waals surface area contributed by atoms with Crippen LogP contribution in [0.5, 0.6) is 5.75 Å². The normalized spacial score (nSPS) is 10.2. The number of benzene rings is 2. The van der Waals surface area contributed by atoms with Gasteiger partial charge in [0.05, 0.1) is 0 Å². The lowest BCUT2D eigenvalue weighted by Crippen LogP contribution is -2.31. The van der Waals surface area contributed by atoms with Crippen molar-refractivity contribution in [2.24, 2.45) is 0 Å². The first-order chi connectivity index (χ1) is 11.9. The number of halogens is 1. The van der Waals surface area contributed by atoms with E-state index in [2.05, 4.69) is 0 Å². The zero-order chi connectivity index (χ0) is 18.4. The number of likely N-dealkylation sites (N-methyl/N-ethyl adjacent to an activating group) is 1. The van der Waals surface area contributed by atoms with Crippen molar-refractivity contribution in [1.29, 1.82) is 0 Å². The minimum atomic E-state index is -0.343. The first kappa shape index (κ1) is 18.4. The summed E-state index contributed by atoms with van der Waals surface area (Å²) < 4.78 is 19.1. The van der Waals surface area contributed by atoms with Gasteiger partial charge in [-0.25, -0.2) is 4.39 Å². The van der Waals surface area contributed by atoms with E-state index in [0.29, 0.717) is 16.9 Å². The number of carbonyl (C=O) groups excluding carboxylic acids is 2. The highest BCUT2D eigenvalue weighted by Gasteiger charge is 2.13. The van der Waals surface area contributed by atoms with Gasteiger partial charge in [-0.15, -0.1) is 0 Å². The fourth-order valence-corrected chi connectivity index (χ4v) is 2.18. The number of hydrogen-bond acceptors (Lipinski definition) is 3. The number of ether oxygens (including phenoxy) is 1. The Morgan fingerprint density at radius 2 is 1.64 bits per heavy atom. The van der Waals surface area contributed by atoms with Crippen molar-refractivity contribution in [3.63, 3.8) is 0 Å². The summed E-state index contributed by atoms with van der Waals surface area (Å²) in [5.74, 6) is -0.226. The Hall–Kier alpha value is -2.89. The van der Waals surface area contributed by atoms with Gasteiger partial charge in [0.15, 0.2) is 6.61 Å². The number of rotatable bonds is 6. The molecule has 0 saturated carbocycles. The van der Waals surface area contributed by atoms with Crippen molar-refractivity contribution in [2.45, 2.75) is 6.54 Å². The second kappa shape index (κ2) is 8.28. The van der Waals surface area contributed by atoms with Crippen LogP contribution in [0, 0.1) is 5.82 Å². The molecule has 0 heterocycles. The molecular formula is C19H21FN2O3. The van der Waals surface area contributed by atoms with Crippen molar-refractivity contribution in [1.82, 2.24) is 9.80 Å². The summed E-state index contributed by atoms with van der Waals surface area (Å²) in [6.07, 6.45) is 0. The topological polar surface area (TPSA) is 49.9 Å². The minimum absolute atomic E-state index is 0.104. The fraction of sp³-hybridized carbons (Fsp3) is 0.263. The second-order valence-electron chi connectivity index (χ2n) is 5.85. The van der Waals surface area contributed by atoms with E-state index in [1.54, 1.807) is 63.6 Å². The van der Waals surface area contributed by atoms with Crippen LogP contribution in [-0.2, 0) is 11.3 Å². The first-order valence-electron chi connectivity index (χ1n) is 7.80. The highest BCUT2D eigenvalue weighted by Crippen LogP contribution is 2.14. The quantitative estimate of drug-likeness (QED) is 0.809. The van der Waals surface area contributed by atoms with Crippen LogP contribution in [-0.4, -0.2) is 49.4 Å². The average molecular weight is 344 g/mol. The molecule has 25 heavy (non-hydrogen) atoms. The lowest BCUT2D eigenvalue weighted by Gasteiger charge is -2.18. The Labute approximate surface area is 146 Å². The van der Waals surface area contributed by atoms with Gasteiger partial charge in [-0.3, -0.25) is 9.59 Å². The van der Waals surface area contributed by atoms with Gasteiger partial charge in [0.2, 0.25) is 0 Å². The third-order valence-electron chi connectivity index (χ3n) is 3.66. The Bertz CT molecular complexity index is 745. The Morgan fingerprint density at radius 3 is 2.24 bits per heavy atom. The van der Waals surface area contributed by atoms with Gasteiger partial charge < -0.3 is 14.5 Å². The summed E-state index contributed by atoms with van der Waals surface area (Å²) >= 11 is 0. The van der Waals surface area contributed by atoms with Gasteiger partial charge >= 0.3 is 0 Å². The molecule has 0 fully saturated rings. The smallest absolute Gasteiger partial charge is 0.260 e. The summed E-state index contributed by atoms with van der Waals surface area (Å²) in [6, 6.07) is 12.9. The van der Waals surface area contributed by atoms with Crippen LogP contribution in [0.2, 0.25) is 0 Å². The van der Waals surface area contributed by atoms with Crippen LogP contribution in [0.3, 0.4) is 0 Å². The van der Waals surface area contributed by atoms with Gasteiger partial charge in [0.1, 0.15) is 11.6 Å². The fourth-order valence-electron chi connectivity index (χ4n) is 2.18. The van der Waals surface area contributed by atoms with E-state index in [1.165, 1.54) is 15.9 Å². The molecule has 0 radical (unpaired) electrons. The zero-order valence-electron chi connectivity index (χ0n) is 14.5. The van der Waals surface area contributed by atoms with Gasteiger partial charge in [-0.1, -0.05) is 18.2 Å². The molecule has 0 atom stereocenters. The van der Waals surface area contributed by atoms with Crippen molar-refractivity contribution in [3.8, 4) is 5.75 Å². The first-order valence-corrected chi connectivity index (χ1v) is 7.80. The molecule has 0 aliphatic heterocycles. The molecule has 0 aromatic heterocycles. The predicted molar refractivity (Wildman–Crippen MR) is 92.8 cm³/mol. The third-order valence-corrected chi connectivity index (χ3v) is 3.66. The van der Waals surface area contributed by atoms with Crippen LogP contribution in [0.25, 0.3) is 0 Å². The molecule has 0 saturated heterocycles. The van der Waals surface area contributed by atoms with Gasteiger partial charge in [0.25, 0.3) is 11.8 Å². The molecule has 2 rings (SSSR count). The maximum Gasteiger partial charge on any atom is 0.260 e. The van der Waals surface area contributed by atoms with Crippen LogP contribution in [0.4, 0.5) is 4.39 Å². The lowest BCUT2D eigenvalue weighted by molar-refractivity contribution is -0.132. The highest BCUT2D eigenvalue weighted by atomic mass is 19.1. The molecule has 2 amide bonds. The predicted octanol–water partition coefficient (Wildman–Crippen LogP) is 2.56. The van der Waals surface area contributed by atoms with Crippen molar-refractivity contribution >= 4 is 11.8 Å². The Balaban J connectivity index is 1.89. The number of nitrogens with zero attached hydrogens (tertiary/aromatic N) is 2. The standard InChI is InChI=1S/C19H21FN2O3/c1-21(2)19(24)14-8-10-16(11-9-14)25-13-18(23)22(3)12-15-6-4-5-7-17(15)20/h4-11H,12-13H2,1-3H3. The molecule has 2 aromatic rings. The maximum absolute atomic E-state index is 13.6. The van der Waals surface area contributed by atoms with Crippen LogP contribution < -0.4 is 4.74 Å². The molecular weight excluding hydrogens is 323 g/mol. The van der Waals surface area contributed by atoms with E-state index >= 15 is 0 Å². The number of amides is 2. The Kier molecular flexibility index (Phi) is 6.11. The largest absolute Gasteiger partial charge is 0.484 e. The van der Waals surface area contributed by atoms with Crippen LogP contribution in [0.15, 0.2) is 48.5 Å². The van der Waals surface area contributed by atoms with Crippen molar-refractivity contribution in [2.75, 3.05) is 27.7 Å². The van der Waals surface area contributed by atoms with Crippen LogP contribution in [0.1, 0.15) is 15.9 Å². The average Bonchev–Trinajstić information content (AvgIpc) is 2.61. The van der Waals surface area contributed by atoms with E-state index in [9.17, 15) is 14.0 Å². The zero-order valence-corrected chi connectivity index (χ0v) is 14.5. The molecule has 0 aliphatic rings. The molecule has 0 spiro atoms. The molecule has 0 N–H and O–H groups in total. The summed E-state index contributed by atoms with van der Waals surface area (Å²) in [6.45, 7) is 0.0110. The monoisotopic (exact) mass is 344 g/mol. The minimum Gasteiger partial charge on any atom is -0.484 e. The van der Waals surface area contributed by atoms with Crippen molar-refractivity contribution in [3.05, 3.63) is 65.5 Å². The number of hydrogen-bond donors (Lipinski definition) is 0. The SMILES string of the molecule is CN(C)C(=O)c1ccc(OCC(=O)N(C)Cc2ccccc2F)cc1. The molecule has 0 aliphatic carbocycles. The second-order valence-corrected chi connectivity index (χ2v) is 5.85. The van der Waals surface area contributed by atoms with Crippen LogP contribution >= 0.6 is 0 Å². The van der Waals surface area contributed by atoms with Crippen molar-refractivity contribution < 1.29 is 18.7 Å². The van der Waals surface area contributed by atoms with Gasteiger partial charge in [-0.05, 0) is 30.3 Å². The summed E-state index contributed by atoms with van der Waals surface area (Å²) in [5, 5.41) is 0.